The minimum atomic E-state index is -1.60. The van der Waals surface area contributed by atoms with Gasteiger partial charge in [0, 0.05) is 0 Å². The first kappa shape index (κ1) is 10.7. The molecular formula is C8H7NO4S. The monoisotopic (exact) mass is 213 g/mol. The van der Waals surface area contributed by atoms with E-state index >= 15 is 0 Å². The third-order valence-corrected chi connectivity index (χ3v) is 2.61. The molecule has 0 aliphatic rings. The lowest BCUT2D eigenvalue weighted by Gasteiger charge is -2.10. The molecule has 14 heavy (non-hydrogen) atoms. The van der Waals surface area contributed by atoms with Crippen molar-refractivity contribution < 1.29 is 20.1 Å². The van der Waals surface area contributed by atoms with Crippen molar-refractivity contribution in [2.24, 2.45) is 0 Å². The fraction of sp³-hybridized carbons (Fsp3) is 0.250. The predicted octanol–water partition coefficient (Wildman–Crippen LogP) is 0.364. The van der Waals surface area contributed by atoms with Crippen LogP contribution in [-0.4, -0.2) is 27.4 Å². The Morgan fingerprint density at radius 1 is 1.57 bits per heavy atom. The van der Waals surface area contributed by atoms with E-state index in [0.29, 0.717) is 0 Å². The lowest BCUT2D eigenvalue weighted by atomic mass is 10.1. The second-order valence-electron chi connectivity index (χ2n) is 2.52. The number of rotatable bonds is 3. The predicted molar refractivity (Wildman–Crippen MR) is 47.9 cm³/mol. The van der Waals surface area contributed by atoms with E-state index in [2.05, 4.69) is 0 Å². The van der Waals surface area contributed by atoms with Crippen molar-refractivity contribution in [2.45, 2.75) is 12.2 Å². The van der Waals surface area contributed by atoms with E-state index in [0.717, 1.165) is 11.3 Å². The van der Waals surface area contributed by atoms with Crippen LogP contribution in [0.2, 0.25) is 0 Å². The Labute approximate surface area is 83.5 Å². The number of nitrogens with zero attached hydrogens (tertiary/aromatic N) is 1. The van der Waals surface area contributed by atoms with Gasteiger partial charge in [-0.3, -0.25) is 0 Å². The van der Waals surface area contributed by atoms with E-state index in [1.54, 1.807) is 0 Å². The summed E-state index contributed by atoms with van der Waals surface area (Å²) >= 11 is 0.988. The van der Waals surface area contributed by atoms with Crippen molar-refractivity contribution in [3.8, 4) is 6.07 Å². The zero-order valence-corrected chi connectivity index (χ0v) is 7.73. The van der Waals surface area contributed by atoms with Gasteiger partial charge in [0.2, 0.25) is 0 Å². The van der Waals surface area contributed by atoms with Gasteiger partial charge in [-0.1, -0.05) is 0 Å². The van der Waals surface area contributed by atoms with Gasteiger partial charge in [0.1, 0.15) is 6.10 Å². The summed E-state index contributed by atoms with van der Waals surface area (Å²) in [4.78, 5) is 10.7. The zero-order valence-electron chi connectivity index (χ0n) is 6.91. The lowest BCUT2D eigenvalue weighted by molar-refractivity contribution is 0.0522. The third-order valence-electron chi connectivity index (χ3n) is 1.63. The van der Waals surface area contributed by atoms with Crippen molar-refractivity contribution in [2.75, 3.05) is 0 Å². The summed E-state index contributed by atoms with van der Waals surface area (Å²) in [6, 6.07) is 2.75. The van der Waals surface area contributed by atoms with Gasteiger partial charge in [0.25, 0.3) is 0 Å². The Morgan fingerprint density at radius 3 is 2.71 bits per heavy atom. The van der Waals surface area contributed by atoms with Crippen LogP contribution in [0.25, 0.3) is 0 Å². The van der Waals surface area contributed by atoms with Crippen molar-refractivity contribution in [3.63, 3.8) is 0 Å². The number of aliphatic hydroxyl groups is 2. The molecule has 0 saturated carbocycles. The molecule has 0 spiro atoms. The smallest absolute Gasteiger partial charge is 0.336 e. The summed E-state index contributed by atoms with van der Waals surface area (Å²) in [6.45, 7) is 0. The van der Waals surface area contributed by atoms with Crippen LogP contribution < -0.4 is 0 Å². The molecule has 0 saturated heterocycles. The minimum absolute atomic E-state index is 0.0863. The molecule has 6 heteroatoms. The van der Waals surface area contributed by atoms with Crippen molar-refractivity contribution >= 4 is 17.3 Å². The molecule has 1 rings (SSSR count). The molecule has 0 bridgehead atoms. The summed E-state index contributed by atoms with van der Waals surface area (Å²) in [5.41, 5.74) is -0.0863. The Hall–Kier alpha value is -1.42. The zero-order chi connectivity index (χ0) is 10.7. The fourth-order valence-electron chi connectivity index (χ4n) is 0.941. The molecule has 2 atom stereocenters. The van der Waals surface area contributed by atoms with E-state index in [1.165, 1.54) is 17.5 Å². The number of aromatic carboxylic acids is 1. The second kappa shape index (κ2) is 4.19. The van der Waals surface area contributed by atoms with Crippen LogP contribution in [0.1, 0.15) is 21.3 Å². The van der Waals surface area contributed by atoms with Crippen molar-refractivity contribution in [1.82, 2.24) is 0 Å². The molecule has 1 aromatic rings. The van der Waals surface area contributed by atoms with Crippen LogP contribution in [0.5, 0.6) is 0 Å². The minimum Gasteiger partial charge on any atom is -0.478 e. The number of carboxylic acids is 1. The van der Waals surface area contributed by atoms with Gasteiger partial charge >= 0.3 is 5.97 Å². The quantitative estimate of drug-likeness (QED) is 0.629. The van der Waals surface area contributed by atoms with Crippen LogP contribution in [0.4, 0.5) is 0 Å². The number of thiophene rings is 1. The highest BCUT2D eigenvalue weighted by molar-refractivity contribution is 7.10. The molecule has 2 unspecified atom stereocenters. The first-order chi connectivity index (χ1) is 6.57. The molecule has 3 N–H and O–H groups in total. The first-order valence-corrected chi connectivity index (χ1v) is 4.52. The maximum Gasteiger partial charge on any atom is 0.336 e. The molecule has 0 amide bonds. The maximum atomic E-state index is 10.6. The Kier molecular flexibility index (Phi) is 3.19. The van der Waals surface area contributed by atoms with Gasteiger partial charge < -0.3 is 15.3 Å². The molecule has 1 heterocycles. The highest BCUT2D eigenvalue weighted by Crippen LogP contribution is 2.26. The number of hydrogen-bond donors (Lipinski definition) is 3. The molecule has 74 valence electrons. The number of hydrogen-bond acceptors (Lipinski definition) is 5. The van der Waals surface area contributed by atoms with Crippen LogP contribution in [-0.2, 0) is 0 Å². The van der Waals surface area contributed by atoms with Gasteiger partial charge in [-0.2, -0.15) is 5.26 Å². The molecule has 1 aromatic heterocycles. The van der Waals surface area contributed by atoms with Gasteiger partial charge in [-0.05, 0) is 11.4 Å². The van der Waals surface area contributed by atoms with E-state index in [4.69, 9.17) is 15.5 Å². The summed E-state index contributed by atoms with van der Waals surface area (Å²) in [5, 5.41) is 36.9. The van der Waals surface area contributed by atoms with Crippen LogP contribution in [0.3, 0.4) is 0 Å². The largest absolute Gasteiger partial charge is 0.478 e. The summed E-state index contributed by atoms with van der Waals surface area (Å²) in [7, 11) is 0. The topological polar surface area (TPSA) is 102 Å². The Bertz CT molecular complexity index is 381. The van der Waals surface area contributed by atoms with Gasteiger partial charge in [-0.25, -0.2) is 4.79 Å². The molecule has 0 aliphatic heterocycles. The SMILES string of the molecule is N#CC(O)C(O)c1sccc1C(=O)O. The average Bonchev–Trinajstić information content (AvgIpc) is 2.63. The van der Waals surface area contributed by atoms with Crippen LogP contribution >= 0.6 is 11.3 Å². The van der Waals surface area contributed by atoms with Crippen molar-refractivity contribution in [3.05, 3.63) is 21.9 Å². The van der Waals surface area contributed by atoms with Gasteiger partial charge in [0.05, 0.1) is 16.5 Å². The summed E-state index contributed by atoms with van der Waals surface area (Å²) < 4.78 is 0. The highest BCUT2D eigenvalue weighted by Gasteiger charge is 2.24. The molecule has 5 nitrogen and oxygen atoms in total. The van der Waals surface area contributed by atoms with Gasteiger partial charge in [0.15, 0.2) is 6.10 Å². The molecular weight excluding hydrogens is 206 g/mol. The van der Waals surface area contributed by atoms with E-state index in [1.807, 2.05) is 0 Å². The van der Waals surface area contributed by atoms with Crippen molar-refractivity contribution in [1.29, 1.82) is 5.26 Å². The number of carboxylic acid groups (broad SMARTS) is 1. The normalized spacial score (nSPS) is 14.4. The maximum absolute atomic E-state index is 10.6. The fourth-order valence-corrected chi connectivity index (χ4v) is 1.84. The Morgan fingerprint density at radius 2 is 2.21 bits per heavy atom. The van der Waals surface area contributed by atoms with E-state index < -0.39 is 18.2 Å². The lowest BCUT2D eigenvalue weighted by Crippen LogP contribution is -2.16. The number of carbonyl (C=O) groups is 1. The molecule has 0 aliphatic carbocycles. The number of nitriles is 1. The number of aliphatic hydroxyl groups excluding tert-OH is 2. The standard InChI is InChI=1S/C8H7NO4S/c9-3-5(10)6(11)7-4(8(12)13)1-2-14-7/h1-2,5-6,10-11H,(H,12,13). The van der Waals surface area contributed by atoms with Crippen LogP contribution in [0, 0.1) is 11.3 Å². The first-order valence-electron chi connectivity index (χ1n) is 3.64. The van der Waals surface area contributed by atoms with Gasteiger partial charge in [-0.15, -0.1) is 11.3 Å². The highest BCUT2D eigenvalue weighted by atomic mass is 32.1. The average molecular weight is 213 g/mol. The summed E-state index contributed by atoms with van der Waals surface area (Å²) in [6.07, 6.45) is -3.07. The van der Waals surface area contributed by atoms with Crippen LogP contribution in [0.15, 0.2) is 11.4 Å². The summed E-state index contributed by atoms with van der Waals surface area (Å²) in [5.74, 6) is -1.19. The molecule has 0 radical (unpaired) electrons. The van der Waals surface area contributed by atoms with E-state index in [-0.39, 0.29) is 10.4 Å². The Balaban J connectivity index is 3.02. The molecule has 0 fully saturated rings. The van der Waals surface area contributed by atoms with E-state index in [9.17, 15) is 9.90 Å². The third kappa shape index (κ3) is 1.90. The second-order valence-corrected chi connectivity index (χ2v) is 3.47. The molecule has 0 aromatic carbocycles.